The highest BCUT2D eigenvalue weighted by molar-refractivity contribution is 6.05. The zero-order chi connectivity index (χ0) is 19.6. The van der Waals surface area contributed by atoms with E-state index in [1.165, 1.54) is 5.56 Å². The van der Waals surface area contributed by atoms with Gasteiger partial charge in [0.05, 0.1) is 5.69 Å². The van der Waals surface area contributed by atoms with E-state index in [4.69, 9.17) is 0 Å². The van der Waals surface area contributed by atoms with Crippen LogP contribution >= 0.6 is 0 Å². The van der Waals surface area contributed by atoms with Gasteiger partial charge >= 0.3 is 0 Å². The van der Waals surface area contributed by atoms with Crippen molar-refractivity contribution in [1.82, 2.24) is 14.9 Å². The Kier molecular flexibility index (Phi) is 5.63. The Morgan fingerprint density at radius 3 is 2.63 bits per heavy atom. The summed E-state index contributed by atoms with van der Waals surface area (Å²) >= 11 is 0. The normalized spacial score (nSPS) is 13.4. The molecule has 0 bridgehead atoms. The van der Waals surface area contributed by atoms with Crippen LogP contribution in [0.15, 0.2) is 18.2 Å². The van der Waals surface area contributed by atoms with Gasteiger partial charge in [-0.15, -0.1) is 0 Å². The van der Waals surface area contributed by atoms with Gasteiger partial charge in [0.25, 0.3) is 11.8 Å². The van der Waals surface area contributed by atoms with Gasteiger partial charge in [0.15, 0.2) is 11.5 Å². The number of nitrogens with one attached hydrogen (secondary N) is 2. The van der Waals surface area contributed by atoms with E-state index in [1.807, 2.05) is 50.5 Å². The van der Waals surface area contributed by atoms with Crippen molar-refractivity contribution in [3.05, 3.63) is 46.5 Å². The Balaban J connectivity index is 1.87. The van der Waals surface area contributed by atoms with Gasteiger partial charge in [0, 0.05) is 18.8 Å². The minimum absolute atomic E-state index is 0.211. The number of aromatic nitrogens is 2. The van der Waals surface area contributed by atoms with E-state index in [0.717, 1.165) is 42.8 Å². The summed E-state index contributed by atoms with van der Waals surface area (Å²) in [4.78, 5) is 29.9. The first kappa shape index (κ1) is 19.1. The van der Waals surface area contributed by atoms with Crippen molar-refractivity contribution in [3.63, 3.8) is 0 Å². The van der Waals surface area contributed by atoms with Crippen molar-refractivity contribution >= 4 is 17.5 Å². The number of hydrogen-bond acceptors (Lipinski definition) is 3. The maximum atomic E-state index is 12.9. The topological polar surface area (TPSA) is 76.0 Å². The lowest BCUT2D eigenvalue weighted by molar-refractivity contribution is 0.0933. The zero-order valence-corrected chi connectivity index (χ0v) is 16.6. The number of anilines is 1. The SMILES string of the molecule is Cc1ccc(NC(=O)c2nc(C(=O)NCC(C)C)n3c2CCCC3)cc1C. The maximum absolute atomic E-state index is 12.9. The van der Waals surface area contributed by atoms with Crippen molar-refractivity contribution in [2.24, 2.45) is 5.92 Å². The highest BCUT2D eigenvalue weighted by Crippen LogP contribution is 2.23. The molecule has 144 valence electrons. The molecular weight excluding hydrogens is 340 g/mol. The summed E-state index contributed by atoms with van der Waals surface area (Å²) in [5.74, 6) is 0.233. The predicted octanol–water partition coefficient (Wildman–Crippen LogP) is 3.47. The van der Waals surface area contributed by atoms with E-state index in [0.29, 0.717) is 24.0 Å². The molecule has 27 heavy (non-hydrogen) atoms. The molecule has 1 aliphatic heterocycles. The van der Waals surface area contributed by atoms with E-state index in [9.17, 15) is 9.59 Å². The third-order valence-corrected chi connectivity index (χ3v) is 4.97. The molecule has 0 aliphatic carbocycles. The fourth-order valence-electron chi connectivity index (χ4n) is 3.28. The largest absolute Gasteiger partial charge is 0.349 e. The number of amides is 2. The Morgan fingerprint density at radius 1 is 1.15 bits per heavy atom. The number of fused-ring (bicyclic) bond motifs is 1. The number of rotatable bonds is 5. The first-order chi connectivity index (χ1) is 12.9. The summed E-state index contributed by atoms with van der Waals surface area (Å²) in [6.07, 6.45) is 2.76. The molecule has 0 saturated carbocycles. The smallest absolute Gasteiger partial charge is 0.287 e. The minimum Gasteiger partial charge on any atom is -0.349 e. The van der Waals surface area contributed by atoms with Crippen molar-refractivity contribution in [2.45, 2.75) is 53.5 Å². The van der Waals surface area contributed by atoms with Gasteiger partial charge in [0.1, 0.15) is 0 Å². The molecule has 3 rings (SSSR count). The van der Waals surface area contributed by atoms with Crippen LogP contribution in [0.2, 0.25) is 0 Å². The standard InChI is InChI=1S/C21H28N4O2/c1-13(2)12-22-21(27)19-24-18(17-7-5-6-10-25(17)19)20(26)23-16-9-8-14(3)15(4)11-16/h8-9,11,13H,5-7,10,12H2,1-4H3,(H,22,27)(H,23,26). The van der Waals surface area contributed by atoms with Crippen LogP contribution in [-0.4, -0.2) is 27.9 Å². The summed E-state index contributed by atoms with van der Waals surface area (Å²) in [6.45, 7) is 9.46. The van der Waals surface area contributed by atoms with E-state index < -0.39 is 0 Å². The first-order valence-corrected chi connectivity index (χ1v) is 9.63. The van der Waals surface area contributed by atoms with Crippen molar-refractivity contribution in [3.8, 4) is 0 Å². The lowest BCUT2D eigenvalue weighted by Gasteiger charge is -2.17. The van der Waals surface area contributed by atoms with Crippen LogP contribution in [0.1, 0.15) is 64.6 Å². The summed E-state index contributed by atoms with van der Waals surface area (Å²) in [7, 11) is 0. The number of imidazole rings is 1. The van der Waals surface area contributed by atoms with Crippen LogP contribution in [0.3, 0.4) is 0 Å². The molecule has 6 heteroatoms. The highest BCUT2D eigenvalue weighted by Gasteiger charge is 2.27. The maximum Gasteiger partial charge on any atom is 0.287 e. The average molecular weight is 368 g/mol. The summed E-state index contributed by atoms with van der Waals surface area (Å²) < 4.78 is 1.91. The van der Waals surface area contributed by atoms with Crippen LogP contribution in [0, 0.1) is 19.8 Å². The van der Waals surface area contributed by atoms with Crippen molar-refractivity contribution in [2.75, 3.05) is 11.9 Å². The van der Waals surface area contributed by atoms with Gasteiger partial charge in [-0.2, -0.15) is 0 Å². The molecule has 1 aromatic carbocycles. The first-order valence-electron chi connectivity index (χ1n) is 9.63. The predicted molar refractivity (Wildman–Crippen MR) is 106 cm³/mol. The number of carbonyl (C=O) groups excluding carboxylic acids is 2. The Hall–Kier alpha value is -2.63. The fraction of sp³-hybridized carbons (Fsp3) is 0.476. The van der Waals surface area contributed by atoms with Gasteiger partial charge in [0.2, 0.25) is 0 Å². The van der Waals surface area contributed by atoms with Crippen LogP contribution < -0.4 is 10.6 Å². The second-order valence-corrected chi connectivity index (χ2v) is 7.70. The van der Waals surface area contributed by atoms with Crippen LogP contribution in [0.4, 0.5) is 5.69 Å². The number of nitrogens with zero attached hydrogens (tertiary/aromatic N) is 2. The number of carbonyl (C=O) groups is 2. The fourth-order valence-corrected chi connectivity index (χ4v) is 3.28. The van der Waals surface area contributed by atoms with E-state index in [-0.39, 0.29) is 11.8 Å². The molecule has 0 spiro atoms. The number of benzene rings is 1. The van der Waals surface area contributed by atoms with Crippen LogP contribution in [-0.2, 0) is 13.0 Å². The van der Waals surface area contributed by atoms with Crippen molar-refractivity contribution < 1.29 is 9.59 Å². The summed E-state index contributed by atoms with van der Waals surface area (Å²) in [6, 6.07) is 5.82. The highest BCUT2D eigenvalue weighted by atomic mass is 16.2. The summed E-state index contributed by atoms with van der Waals surface area (Å²) in [5.41, 5.74) is 4.26. The molecule has 0 fully saturated rings. The van der Waals surface area contributed by atoms with Gasteiger partial charge in [-0.1, -0.05) is 19.9 Å². The third-order valence-electron chi connectivity index (χ3n) is 4.97. The van der Waals surface area contributed by atoms with Gasteiger partial charge in [-0.05, 0) is 62.3 Å². The molecule has 0 saturated heterocycles. The van der Waals surface area contributed by atoms with Gasteiger partial charge < -0.3 is 15.2 Å². The Labute approximate surface area is 160 Å². The molecule has 0 atom stereocenters. The monoisotopic (exact) mass is 368 g/mol. The molecule has 0 unspecified atom stereocenters. The minimum atomic E-state index is -0.258. The zero-order valence-electron chi connectivity index (χ0n) is 16.6. The van der Waals surface area contributed by atoms with E-state index >= 15 is 0 Å². The molecule has 0 radical (unpaired) electrons. The van der Waals surface area contributed by atoms with Gasteiger partial charge in [-0.25, -0.2) is 4.98 Å². The van der Waals surface area contributed by atoms with Gasteiger partial charge in [-0.3, -0.25) is 9.59 Å². The lowest BCUT2D eigenvalue weighted by Crippen LogP contribution is -2.30. The molecule has 2 N–H and O–H groups in total. The molecular formula is C21H28N4O2. The second kappa shape index (κ2) is 7.94. The van der Waals surface area contributed by atoms with E-state index in [2.05, 4.69) is 15.6 Å². The van der Waals surface area contributed by atoms with Crippen LogP contribution in [0.5, 0.6) is 0 Å². The second-order valence-electron chi connectivity index (χ2n) is 7.70. The lowest BCUT2D eigenvalue weighted by atomic mass is 10.1. The third kappa shape index (κ3) is 4.21. The number of aryl methyl sites for hydroxylation is 2. The molecule has 2 amide bonds. The van der Waals surface area contributed by atoms with E-state index in [1.54, 1.807) is 0 Å². The molecule has 1 aromatic heterocycles. The molecule has 1 aliphatic rings. The quantitative estimate of drug-likeness (QED) is 0.848. The Bertz CT molecular complexity index is 867. The van der Waals surface area contributed by atoms with Crippen LogP contribution in [0.25, 0.3) is 0 Å². The average Bonchev–Trinajstić information content (AvgIpc) is 3.02. The molecule has 2 heterocycles. The molecule has 2 aromatic rings. The number of hydrogen-bond donors (Lipinski definition) is 2. The molecule has 6 nitrogen and oxygen atoms in total. The summed E-state index contributed by atoms with van der Waals surface area (Å²) in [5, 5.41) is 5.84. The Morgan fingerprint density at radius 2 is 1.93 bits per heavy atom. The van der Waals surface area contributed by atoms with Crippen molar-refractivity contribution in [1.29, 1.82) is 0 Å².